The van der Waals surface area contributed by atoms with Crippen LogP contribution < -0.4 is 5.32 Å². The molecule has 1 aromatic heterocycles. The van der Waals surface area contributed by atoms with Crippen molar-refractivity contribution in [3.63, 3.8) is 0 Å². The number of nitrogens with zero attached hydrogens (tertiary/aromatic N) is 1. The Kier molecular flexibility index (Phi) is 5.56. The molecule has 1 aliphatic carbocycles. The molecule has 4 nitrogen and oxygen atoms in total. The molecule has 0 radical (unpaired) electrons. The van der Waals surface area contributed by atoms with Crippen LogP contribution in [0.1, 0.15) is 49.8 Å². The molecule has 0 aliphatic heterocycles. The Morgan fingerprint density at radius 2 is 2.04 bits per heavy atom. The zero-order chi connectivity index (χ0) is 16.9. The number of benzene rings is 1. The van der Waals surface area contributed by atoms with Gasteiger partial charge in [0.25, 0.3) is 0 Å². The summed E-state index contributed by atoms with van der Waals surface area (Å²) >= 11 is 6.46. The molecule has 1 aliphatic rings. The van der Waals surface area contributed by atoms with Crippen molar-refractivity contribution in [1.29, 1.82) is 0 Å². The lowest BCUT2D eigenvalue weighted by molar-refractivity contribution is -0.137. The fraction of sp³-hybridized carbons (Fsp3) is 0.474. The molecule has 128 valence electrons. The number of aliphatic carboxylic acids is 1. The van der Waals surface area contributed by atoms with Gasteiger partial charge in [0, 0.05) is 24.0 Å². The standard InChI is InChI=1S/C19H23ClN2O2/c20-14-8-6-10-16-18(14)19(13-7-3-4-9-15(13)22-16)21-12-5-1-2-11-17(23)24/h6,8,10H,1-5,7,9,11-12H2,(H,21,22)(H,23,24). The lowest BCUT2D eigenvalue weighted by Crippen LogP contribution is -2.12. The molecule has 2 aromatic rings. The second-order valence-electron chi connectivity index (χ2n) is 6.38. The van der Waals surface area contributed by atoms with Crippen molar-refractivity contribution >= 4 is 34.2 Å². The summed E-state index contributed by atoms with van der Waals surface area (Å²) in [6.07, 6.45) is 7.31. The van der Waals surface area contributed by atoms with E-state index in [9.17, 15) is 4.79 Å². The number of fused-ring (bicyclic) bond motifs is 2. The number of rotatable bonds is 7. The molecule has 0 saturated carbocycles. The van der Waals surface area contributed by atoms with Gasteiger partial charge in [0.15, 0.2) is 0 Å². The van der Waals surface area contributed by atoms with Gasteiger partial charge in [0.05, 0.1) is 16.2 Å². The fourth-order valence-electron chi connectivity index (χ4n) is 3.42. The predicted octanol–water partition coefficient (Wildman–Crippen LogP) is 4.82. The van der Waals surface area contributed by atoms with E-state index < -0.39 is 5.97 Å². The third-order valence-electron chi connectivity index (χ3n) is 4.61. The molecule has 0 fully saturated rings. The molecule has 1 heterocycles. The van der Waals surface area contributed by atoms with Crippen molar-refractivity contribution in [3.05, 3.63) is 34.5 Å². The monoisotopic (exact) mass is 346 g/mol. The zero-order valence-electron chi connectivity index (χ0n) is 13.8. The maximum Gasteiger partial charge on any atom is 0.303 e. The summed E-state index contributed by atoms with van der Waals surface area (Å²) < 4.78 is 0. The summed E-state index contributed by atoms with van der Waals surface area (Å²) in [4.78, 5) is 15.4. The van der Waals surface area contributed by atoms with Gasteiger partial charge in [-0.3, -0.25) is 9.78 Å². The van der Waals surface area contributed by atoms with E-state index in [4.69, 9.17) is 21.7 Å². The molecule has 3 rings (SSSR count). The van der Waals surface area contributed by atoms with Crippen LogP contribution in [0.2, 0.25) is 5.02 Å². The van der Waals surface area contributed by atoms with Crippen LogP contribution in [0.5, 0.6) is 0 Å². The number of halogens is 1. The molecule has 0 atom stereocenters. The Bertz CT molecular complexity index is 746. The molecule has 0 unspecified atom stereocenters. The minimum atomic E-state index is -0.719. The number of aryl methyl sites for hydroxylation is 1. The first-order chi connectivity index (χ1) is 11.7. The summed E-state index contributed by atoms with van der Waals surface area (Å²) in [5, 5.41) is 14.0. The number of aromatic nitrogens is 1. The number of carbonyl (C=O) groups is 1. The lowest BCUT2D eigenvalue weighted by atomic mass is 9.92. The topological polar surface area (TPSA) is 62.2 Å². The molecule has 1 aromatic carbocycles. The van der Waals surface area contributed by atoms with Crippen molar-refractivity contribution in [2.24, 2.45) is 0 Å². The van der Waals surface area contributed by atoms with Gasteiger partial charge in [0.2, 0.25) is 0 Å². The third-order valence-corrected chi connectivity index (χ3v) is 4.92. The van der Waals surface area contributed by atoms with Crippen LogP contribution in [0, 0.1) is 0 Å². The number of carboxylic acid groups (broad SMARTS) is 1. The van der Waals surface area contributed by atoms with Crippen LogP contribution in [0.4, 0.5) is 5.69 Å². The van der Waals surface area contributed by atoms with Crippen LogP contribution in [-0.4, -0.2) is 22.6 Å². The van der Waals surface area contributed by atoms with E-state index in [-0.39, 0.29) is 6.42 Å². The highest BCUT2D eigenvalue weighted by Gasteiger charge is 2.19. The SMILES string of the molecule is O=C(O)CCCCCNc1c2c(nc3cccc(Cl)c13)CCCC2. The number of pyridine rings is 1. The summed E-state index contributed by atoms with van der Waals surface area (Å²) in [7, 11) is 0. The van der Waals surface area contributed by atoms with Crippen molar-refractivity contribution < 1.29 is 9.90 Å². The van der Waals surface area contributed by atoms with Crippen molar-refractivity contribution in [3.8, 4) is 0 Å². The first-order valence-corrected chi connectivity index (χ1v) is 9.10. The molecule has 0 bridgehead atoms. The highest BCUT2D eigenvalue weighted by molar-refractivity contribution is 6.36. The molecule has 5 heteroatoms. The second-order valence-corrected chi connectivity index (χ2v) is 6.79. The Hall–Kier alpha value is -1.81. The Morgan fingerprint density at radius 3 is 2.88 bits per heavy atom. The van der Waals surface area contributed by atoms with Gasteiger partial charge in [-0.1, -0.05) is 24.1 Å². The Labute approximate surface area is 147 Å². The summed E-state index contributed by atoms with van der Waals surface area (Å²) in [6, 6.07) is 5.88. The fourth-order valence-corrected chi connectivity index (χ4v) is 3.68. The Morgan fingerprint density at radius 1 is 1.21 bits per heavy atom. The van der Waals surface area contributed by atoms with Gasteiger partial charge < -0.3 is 10.4 Å². The molecule has 0 saturated heterocycles. The van der Waals surface area contributed by atoms with Gasteiger partial charge in [-0.2, -0.15) is 0 Å². The van der Waals surface area contributed by atoms with E-state index in [1.165, 1.54) is 24.1 Å². The first-order valence-electron chi connectivity index (χ1n) is 8.72. The zero-order valence-corrected chi connectivity index (χ0v) is 14.5. The summed E-state index contributed by atoms with van der Waals surface area (Å²) in [5.74, 6) is -0.719. The van der Waals surface area contributed by atoms with Crippen LogP contribution in [-0.2, 0) is 17.6 Å². The number of anilines is 1. The minimum Gasteiger partial charge on any atom is -0.481 e. The van der Waals surface area contributed by atoms with E-state index >= 15 is 0 Å². The summed E-state index contributed by atoms with van der Waals surface area (Å²) in [6.45, 7) is 0.830. The molecule has 2 N–H and O–H groups in total. The van der Waals surface area contributed by atoms with E-state index in [2.05, 4.69) is 5.32 Å². The summed E-state index contributed by atoms with van der Waals surface area (Å²) in [5.41, 5.74) is 4.60. The minimum absolute atomic E-state index is 0.249. The van der Waals surface area contributed by atoms with Crippen molar-refractivity contribution in [2.45, 2.75) is 51.4 Å². The average molecular weight is 347 g/mol. The number of hydrogen-bond donors (Lipinski definition) is 2. The highest BCUT2D eigenvalue weighted by atomic mass is 35.5. The van der Waals surface area contributed by atoms with E-state index in [0.717, 1.165) is 60.3 Å². The van der Waals surface area contributed by atoms with Gasteiger partial charge in [-0.15, -0.1) is 0 Å². The second kappa shape index (κ2) is 7.84. The third kappa shape index (κ3) is 3.81. The van der Waals surface area contributed by atoms with Crippen LogP contribution >= 0.6 is 11.6 Å². The van der Waals surface area contributed by atoms with Gasteiger partial charge in [0.1, 0.15) is 0 Å². The van der Waals surface area contributed by atoms with Crippen LogP contribution in [0.15, 0.2) is 18.2 Å². The smallest absolute Gasteiger partial charge is 0.303 e. The maximum atomic E-state index is 10.6. The number of nitrogens with one attached hydrogen (secondary N) is 1. The number of hydrogen-bond acceptors (Lipinski definition) is 3. The number of carboxylic acids is 1. The first kappa shape index (κ1) is 17.0. The lowest BCUT2D eigenvalue weighted by Gasteiger charge is -2.22. The quantitative estimate of drug-likeness (QED) is 0.705. The van der Waals surface area contributed by atoms with E-state index in [1.54, 1.807) is 0 Å². The van der Waals surface area contributed by atoms with Gasteiger partial charge in [-0.25, -0.2) is 0 Å². The average Bonchev–Trinajstić information content (AvgIpc) is 2.57. The van der Waals surface area contributed by atoms with Crippen LogP contribution in [0.25, 0.3) is 10.9 Å². The largest absolute Gasteiger partial charge is 0.481 e. The van der Waals surface area contributed by atoms with Gasteiger partial charge in [-0.05, 0) is 56.2 Å². The molecule has 0 spiro atoms. The predicted molar refractivity (Wildman–Crippen MR) is 98.0 cm³/mol. The maximum absolute atomic E-state index is 10.6. The number of unbranched alkanes of at least 4 members (excludes halogenated alkanes) is 2. The molecular weight excluding hydrogens is 324 g/mol. The van der Waals surface area contributed by atoms with Crippen molar-refractivity contribution in [2.75, 3.05) is 11.9 Å². The molecular formula is C19H23ClN2O2. The Balaban J connectivity index is 1.79. The van der Waals surface area contributed by atoms with Crippen molar-refractivity contribution in [1.82, 2.24) is 4.98 Å². The van der Waals surface area contributed by atoms with Gasteiger partial charge >= 0.3 is 5.97 Å². The molecule has 24 heavy (non-hydrogen) atoms. The van der Waals surface area contributed by atoms with E-state index in [1.807, 2.05) is 18.2 Å². The van der Waals surface area contributed by atoms with Crippen LogP contribution in [0.3, 0.4) is 0 Å². The normalized spacial score (nSPS) is 13.7. The van der Waals surface area contributed by atoms with E-state index in [0.29, 0.717) is 0 Å². The molecule has 0 amide bonds. The highest BCUT2D eigenvalue weighted by Crippen LogP contribution is 2.36.